The van der Waals surface area contributed by atoms with Crippen LogP contribution in [0.3, 0.4) is 0 Å². The van der Waals surface area contributed by atoms with Crippen LogP contribution in [0.5, 0.6) is 0 Å². The monoisotopic (exact) mass is 215 g/mol. The smallest absolute Gasteiger partial charge is 0.177 e. The van der Waals surface area contributed by atoms with Crippen molar-refractivity contribution < 1.29 is 0 Å². The van der Waals surface area contributed by atoms with Gasteiger partial charge in [-0.1, -0.05) is 19.8 Å². The van der Waals surface area contributed by atoms with Gasteiger partial charge in [0.1, 0.15) is 5.82 Å². The maximum absolute atomic E-state index is 4.66. The molecule has 3 heteroatoms. The third-order valence-electron chi connectivity index (χ3n) is 3.88. The molecule has 0 radical (unpaired) electrons. The normalized spacial score (nSPS) is 19.4. The van der Waals surface area contributed by atoms with E-state index in [-0.39, 0.29) is 5.41 Å². The highest BCUT2D eigenvalue weighted by atomic mass is 15.0. The zero-order chi connectivity index (χ0) is 11.2. The molecule has 2 aromatic rings. The lowest BCUT2D eigenvalue weighted by Gasteiger charge is -2.19. The van der Waals surface area contributed by atoms with Gasteiger partial charge >= 0.3 is 0 Å². The number of fused-ring (bicyclic) bond motifs is 1. The largest absolute Gasteiger partial charge is 0.340 e. The Morgan fingerprint density at radius 1 is 1.31 bits per heavy atom. The summed E-state index contributed by atoms with van der Waals surface area (Å²) in [4.78, 5) is 12.5. The Hall–Kier alpha value is -1.38. The number of pyridine rings is 1. The van der Waals surface area contributed by atoms with E-state index < -0.39 is 0 Å². The molecule has 0 aromatic carbocycles. The lowest BCUT2D eigenvalue weighted by molar-refractivity contribution is 0.464. The van der Waals surface area contributed by atoms with Gasteiger partial charge in [0, 0.05) is 11.6 Å². The third kappa shape index (κ3) is 1.34. The summed E-state index contributed by atoms with van der Waals surface area (Å²) < 4.78 is 0. The second kappa shape index (κ2) is 3.30. The van der Waals surface area contributed by atoms with E-state index in [0.29, 0.717) is 0 Å². The van der Waals surface area contributed by atoms with Gasteiger partial charge < -0.3 is 4.98 Å². The molecule has 1 aliphatic carbocycles. The highest BCUT2D eigenvalue weighted by Crippen LogP contribution is 2.39. The van der Waals surface area contributed by atoms with E-state index in [0.717, 1.165) is 17.0 Å². The molecule has 0 atom stereocenters. The molecule has 0 unspecified atom stereocenters. The zero-order valence-electron chi connectivity index (χ0n) is 9.88. The van der Waals surface area contributed by atoms with Crippen LogP contribution in [-0.4, -0.2) is 15.0 Å². The lowest BCUT2D eigenvalue weighted by atomic mass is 9.88. The standard InChI is InChI=1S/C13H17N3/c1-9-5-8-14-11-10(9)15-12(16-11)13(2)6-3-4-7-13/h5,8H,3-4,6-7H2,1-2H3,(H,14,15,16). The lowest BCUT2D eigenvalue weighted by Crippen LogP contribution is -2.18. The molecular formula is C13H17N3. The van der Waals surface area contributed by atoms with Crippen LogP contribution >= 0.6 is 0 Å². The Morgan fingerprint density at radius 2 is 2.06 bits per heavy atom. The summed E-state index contributed by atoms with van der Waals surface area (Å²) >= 11 is 0. The van der Waals surface area contributed by atoms with Crippen LogP contribution in [0.25, 0.3) is 11.2 Å². The number of hydrogen-bond donors (Lipinski definition) is 1. The zero-order valence-corrected chi connectivity index (χ0v) is 9.88. The second-order valence-electron chi connectivity index (χ2n) is 5.18. The molecule has 0 bridgehead atoms. The Balaban J connectivity index is 2.15. The second-order valence-corrected chi connectivity index (χ2v) is 5.18. The van der Waals surface area contributed by atoms with E-state index in [1.54, 1.807) is 0 Å². The Morgan fingerprint density at radius 3 is 2.75 bits per heavy atom. The van der Waals surface area contributed by atoms with Crippen LogP contribution in [-0.2, 0) is 5.41 Å². The van der Waals surface area contributed by atoms with Gasteiger partial charge in [-0.2, -0.15) is 0 Å². The SMILES string of the molecule is Cc1ccnc2nc(C3(C)CCCC3)[nH]c12. The minimum Gasteiger partial charge on any atom is -0.340 e. The molecule has 16 heavy (non-hydrogen) atoms. The van der Waals surface area contributed by atoms with Gasteiger partial charge in [0.15, 0.2) is 5.65 Å². The molecule has 84 valence electrons. The van der Waals surface area contributed by atoms with E-state index in [1.807, 2.05) is 12.3 Å². The predicted molar refractivity (Wildman–Crippen MR) is 64.4 cm³/mol. The molecule has 1 N–H and O–H groups in total. The van der Waals surface area contributed by atoms with E-state index in [9.17, 15) is 0 Å². The van der Waals surface area contributed by atoms with Crippen molar-refractivity contribution in [2.24, 2.45) is 0 Å². The first-order valence-electron chi connectivity index (χ1n) is 6.01. The van der Waals surface area contributed by atoms with Crippen LogP contribution < -0.4 is 0 Å². The highest BCUT2D eigenvalue weighted by molar-refractivity contribution is 5.74. The molecular weight excluding hydrogens is 198 g/mol. The minimum absolute atomic E-state index is 0.243. The molecule has 2 heterocycles. The Kier molecular flexibility index (Phi) is 2.03. The number of aromatic amines is 1. The van der Waals surface area contributed by atoms with Crippen molar-refractivity contribution in [2.75, 3.05) is 0 Å². The first-order chi connectivity index (χ1) is 7.69. The first-order valence-corrected chi connectivity index (χ1v) is 6.01. The first kappa shape index (κ1) is 9.82. The van der Waals surface area contributed by atoms with Gasteiger partial charge in [0.25, 0.3) is 0 Å². The number of aromatic nitrogens is 3. The van der Waals surface area contributed by atoms with Crippen LogP contribution in [0.15, 0.2) is 12.3 Å². The van der Waals surface area contributed by atoms with Crippen LogP contribution in [0.2, 0.25) is 0 Å². The van der Waals surface area contributed by atoms with E-state index in [4.69, 9.17) is 0 Å². The number of imidazole rings is 1. The molecule has 2 aromatic heterocycles. The predicted octanol–water partition coefficient (Wildman–Crippen LogP) is 3.10. The van der Waals surface area contributed by atoms with Gasteiger partial charge in [-0.15, -0.1) is 0 Å². The topological polar surface area (TPSA) is 41.6 Å². The maximum Gasteiger partial charge on any atom is 0.177 e. The molecule has 3 nitrogen and oxygen atoms in total. The van der Waals surface area contributed by atoms with Gasteiger partial charge in [0.05, 0.1) is 5.52 Å². The van der Waals surface area contributed by atoms with Gasteiger partial charge in [-0.25, -0.2) is 9.97 Å². The van der Waals surface area contributed by atoms with Crippen LogP contribution in [0.1, 0.15) is 44.0 Å². The number of nitrogens with one attached hydrogen (secondary N) is 1. The van der Waals surface area contributed by atoms with Crippen molar-refractivity contribution in [3.05, 3.63) is 23.7 Å². The molecule has 0 saturated heterocycles. The van der Waals surface area contributed by atoms with Crippen molar-refractivity contribution in [2.45, 2.75) is 44.9 Å². The number of hydrogen-bond acceptors (Lipinski definition) is 2. The average Bonchev–Trinajstić information content (AvgIpc) is 2.85. The van der Waals surface area contributed by atoms with Crippen molar-refractivity contribution in [1.29, 1.82) is 0 Å². The number of H-pyrrole nitrogens is 1. The summed E-state index contributed by atoms with van der Waals surface area (Å²) in [7, 11) is 0. The summed E-state index contributed by atoms with van der Waals surface area (Å²) in [6.45, 7) is 4.41. The Labute approximate surface area is 95.3 Å². The summed E-state index contributed by atoms with van der Waals surface area (Å²) in [5, 5.41) is 0. The summed E-state index contributed by atoms with van der Waals surface area (Å²) in [6, 6.07) is 2.03. The Bertz CT molecular complexity index is 521. The van der Waals surface area contributed by atoms with E-state index in [1.165, 1.54) is 31.2 Å². The minimum atomic E-state index is 0.243. The van der Waals surface area contributed by atoms with Crippen molar-refractivity contribution in [3.63, 3.8) is 0 Å². The molecule has 1 aliphatic rings. The summed E-state index contributed by atoms with van der Waals surface area (Å²) in [5.74, 6) is 1.13. The molecule has 0 amide bonds. The quantitative estimate of drug-likeness (QED) is 0.794. The fraction of sp³-hybridized carbons (Fsp3) is 0.538. The molecule has 1 fully saturated rings. The summed E-state index contributed by atoms with van der Waals surface area (Å²) in [6.07, 6.45) is 6.96. The van der Waals surface area contributed by atoms with Crippen LogP contribution in [0.4, 0.5) is 0 Å². The van der Waals surface area contributed by atoms with Crippen LogP contribution in [0, 0.1) is 6.92 Å². The fourth-order valence-corrected chi connectivity index (χ4v) is 2.71. The number of rotatable bonds is 1. The van der Waals surface area contributed by atoms with Gasteiger partial charge in [-0.05, 0) is 31.4 Å². The average molecular weight is 215 g/mol. The van der Waals surface area contributed by atoms with Crippen molar-refractivity contribution in [3.8, 4) is 0 Å². The van der Waals surface area contributed by atoms with E-state index >= 15 is 0 Å². The molecule has 1 saturated carbocycles. The number of aryl methyl sites for hydroxylation is 1. The van der Waals surface area contributed by atoms with Crippen molar-refractivity contribution >= 4 is 11.2 Å². The maximum atomic E-state index is 4.66. The highest BCUT2D eigenvalue weighted by Gasteiger charge is 2.33. The third-order valence-corrected chi connectivity index (χ3v) is 3.88. The molecule has 0 spiro atoms. The number of nitrogens with zero attached hydrogens (tertiary/aromatic N) is 2. The van der Waals surface area contributed by atoms with Crippen molar-refractivity contribution in [1.82, 2.24) is 15.0 Å². The van der Waals surface area contributed by atoms with Gasteiger partial charge in [-0.3, -0.25) is 0 Å². The molecule has 0 aliphatic heterocycles. The fourth-order valence-electron chi connectivity index (χ4n) is 2.71. The van der Waals surface area contributed by atoms with E-state index in [2.05, 4.69) is 28.8 Å². The van der Waals surface area contributed by atoms with Gasteiger partial charge in [0.2, 0.25) is 0 Å². The summed E-state index contributed by atoms with van der Waals surface area (Å²) in [5.41, 5.74) is 3.44. The molecule has 3 rings (SSSR count).